The predicted molar refractivity (Wildman–Crippen MR) is 74.3 cm³/mol. The summed E-state index contributed by atoms with van der Waals surface area (Å²) in [6, 6.07) is 0.927. The topological polar surface area (TPSA) is 15.3 Å². The van der Waals surface area contributed by atoms with Crippen molar-refractivity contribution in [2.24, 2.45) is 11.8 Å². The van der Waals surface area contributed by atoms with Gasteiger partial charge in [-0.2, -0.15) is 0 Å². The first-order chi connectivity index (χ1) is 8.29. The van der Waals surface area contributed by atoms with E-state index in [1.54, 1.807) is 0 Å². The highest BCUT2D eigenvalue weighted by atomic mass is 15.2. The zero-order valence-corrected chi connectivity index (χ0v) is 11.8. The first-order valence-electron chi connectivity index (χ1n) is 7.74. The zero-order chi connectivity index (χ0) is 12.1. The molecule has 0 amide bonds. The fraction of sp³-hybridized carbons (Fsp3) is 1.00. The SMILES string of the molecule is CCN(CCNCC1CCCC(C)C1)C1CC1. The van der Waals surface area contributed by atoms with Gasteiger partial charge in [0, 0.05) is 19.1 Å². The van der Waals surface area contributed by atoms with Crippen molar-refractivity contribution in [2.75, 3.05) is 26.2 Å². The highest BCUT2D eigenvalue weighted by Crippen LogP contribution is 2.28. The van der Waals surface area contributed by atoms with Crippen LogP contribution < -0.4 is 5.32 Å². The van der Waals surface area contributed by atoms with Crippen LogP contribution in [0.5, 0.6) is 0 Å². The molecule has 100 valence electrons. The Morgan fingerprint density at radius 1 is 1.18 bits per heavy atom. The molecule has 2 aliphatic rings. The van der Waals surface area contributed by atoms with E-state index >= 15 is 0 Å². The van der Waals surface area contributed by atoms with E-state index < -0.39 is 0 Å². The van der Waals surface area contributed by atoms with Crippen molar-refractivity contribution < 1.29 is 0 Å². The van der Waals surface area contributed by atoms with Crippen LogP contribution >= 0.6 is 0 Å². The number of nitrogens with one attached hydrogen (secondary N) is 1. The van der Waals surface area contributed by atoms with Gasteiger partial charge in [-0.3, -0.25) is 4.90 Å². The Labute approximate surface area is 107 Å². The number of likely N-dealkylation sites (N-methyl/N-ethyl adjacent to an activating group) is 1. The van der Waals surface area contributed by atoms with Crippen molar-refractivity contribution in [1.82, 2.24) is 10.2 Å². The summed E-state index contributed by atoms with van der Waals surface area (Å²) >= 11 is 0. The summed E-state index contributed by atoms with van der Waals surface area (Å²) in [5, 5.41) is 3.68. The molecule has 2 aliphatic carbocycles. The van der Waals surface area contributed by atoms with Crippen LogP contribution in [0.3, 0.4) is 0 Å². The molecule has 0 aliphatic heterocycles. The molecule has 0 radical (unpaired) electrons. The van der Waals surface area contributed by atoms with Crippen molar-refractivity contribution in [2.45, 2.75) is 58.4 Å². The van der Waals surface area contributed by atoms with Gasteiger partial charge in [0.2, 0.25) is 0 Å². The zero-order valence-electron chi connectivity index (χ0n) is 11.8. The van der Waals surface area contributed by atoms with Crippen LogP contribution in [0.2, 0.25) is 0 Å². The Bertz CT molecular complexity index is 213. The van der Waals surface area contributed by atoms with Crippen LogP contribution in [0, 0.1) is 11.8 Å². The Hall–Kier alpha value is -0.0800. The normalized spacial score (nSPS) is 29.8. The molecule has 0 spiro atoms. The van der Waals surface area contributed by atoms with Crippen molar-refractivity contribution in [1.29, 1.82) is 0 Å². The highest BCUT2D eigenvalue weighted by molar-refractivity contribution is 4.84. The lowest BCUT2D eigenvalue weighted by atomic mass is 9.82. The van der Waals surface area contributed by atoms with Gasteiger partial charge in [0.05, 0.1) is 0 Å². The molecule has 2 rings (SSSR count). The first-order valence-corrected chi connectivity index (χ1v) is 7.74. The van der Waals surface area contributed by atoms with Crippen LogP contribution in [0.15, 0.2) is 0 Å². The summed E-state index contributed by atoms with van der Waals surface area (Å²) in [7, 11) is 0. The molecule has 2 heteroatoms. The van der Waals surface area contributed by atoms with Crippen molar-refractivity contribution in [3.05, 3.63) is 0 Å². The first kappa shape index (κ1) is 13.4. The van der Waals surface area contributed by atoms with Gasteiger partial charge in [0.15, 0.2) is 0 Å². The van der Waals surface area contributed by atoms with Crippen LogP contribution in [-0.2, 0) is 0 Å². The summed E-state index contributed by atoms with van der Waals surface area (Å²) in [4.78, 5) is 2.64. The number of nitrogens with zero attached hydrogens (tertiary/aromatic N) is 1. The third-order valence-electron chi connectivity index (χ3n) is 4.52. The number of hydrogen-bond acceptors (Lipinski definition) is 2. The van der Waals surface area contributed by atoms with Crippen molar-refractivity contribution in [3.8, 4) is 0 Å². The maximum Gasteiger partial charge on any atom is 0.0110 e. The predicted octanol–water partition coefficient (Wildman–Crippen LogP) is 2.89. The quantitative estimate of drug-likeness (QED) is 0.686. The van der Waals surface area contributed by atoms with E-state index in [1.165, 1.54) is 64.7 Å². The van der Waals surface area contributed by atoms with E-state index in [0.29, 0.717) is 0 Å². The number of rotatable bonds is 7. The smallest absolute Gasteiger partial charge is 0.0110 e. The lowest BCUT2D eigenvalue weighted by Crippen LogP contribution is -2.36. The lowest BCUT2D eigenvalue weighted by molar-refractivity contribution is 0.254. The minimum absolute atomic E-state index is 0.927. The monoisotopic (exact) mass is 238 g/mol. The Kier molecular flexibility index (Phi) is 5.30. The standard InChI is InChI=1S/C15H30N2/c1-3-17(15-7-8-15)10-9-16-12-14-6-4-5-13(2)11-14/h13-16H,3-12H2,1-2H3. The van der Waals surface area contributed by atoms with Crippen molar-refractivity contribution >= 4 is 0 Å². The van der Waals surface area contributed by atoms with Crippen LogP contribution in [0.25, 0.3) is 0 Å². The molecule has 2 atom stereocenters. The molecule has 2 fully saturated rings. The Morgan fingerprint density at radius 2 is 2.00 bits per heavy atom. The average molecular weight is 238 g/mol. The molecule has 1 N–H and O–H groups in total. The average Bonchev–Trinajstić information content (AvgIpc) is 3.13. The number of hydrogen-bond donors (Lipinski definition) is 1. The van der Waals surface area contributed by atoms with E-state index in [0.717, 1.165) is 17.9 Å². The fourth-order valence-electron chi connectivity index (χ4n) is 3.31. The van der Waals surface area contributed by atoms with Gasteiger partial charge < -0.3 is 5.32 Å². The van der Waals surface area contributed by atoms with E-state index in [4.69, 9.17) is 0 Å². The summed E-state index contributed by atoms with van der Waals surface area (Å²) in [5.41, 5.74) is 0. The molecule has 0 aromatic rings. The molecular weight excluding hydrogens is 208 g/mol. The van der Waals surface area contributed by atoms with Gasteiger partial charge in [-0.05, 0) is 50.6 Å². The van der Waals surface area contributed by atoms with Crippen LogP contribution in [0.1, 0.15) is 52.4 Å². The van der Waals surface area contributed by atoms with Crippen LogP contribution in [0.4, 0.5) is 0 Å². The summed E-state index contributed by atoms with van der Waals surface area (Å²) in [6.45, 7) is 9.64. The van der Waals surface area contributed by atoms with E-state index in [2.05, 4.69) is 24.1 Å². The summed E-state index contributed by atoms with van der Waals surface area (Å²) in [5.74, 6) is 1.92. The van der Waals surface area contributed by atoms with Gasteiger partial charge >= 0.3 is 0 Å². The van der Waals surface area contributed by atoms with E-state index in [9.17, 15) is 0 Å². The van der Waals surface area contributed by atoms with Gasteiger partial charge in [-0.15, -0.1) is 0 Å². The van der Waals surface area contributed by atoms with E-state index in [1.807, 2.05) is 0 Å². The molecule has 0 heterocycles. The molecule has 0 aromatic carbocycles. The maximum atomic E-state index is 3.68. The Balaban J connectivity index is 1.53. The Morgan fingerprint density at radius 3 is 2.65 bits per heavy atom. The second kappa shape index (κ2) is 6.75. The lowest BCUT2D eigenvalue weighted by Gasteiger charge is -2.27. The second-order valence-electron chi connectivity index (χ2n) is 6.20. The molecule has 2 saturated carbocycles. The summed E-state index contributed by atoms with van der Waals surface area (Å²) in [6.07, 6.45) is 8.70. The van der Waals surface area contributed by atoms with Gasteiger partial charge in [-0.25, -0.2) is 0 Å². The van der Waals surface area contributed by atoms with Crippen LogP contribution in [-0.4, -0.2) is 37.1 Å². The molecular formula is C15H30N2. The third-order valence-corrected chi connectivity index (χ3v) is 4.52. The highest BCUT2D eigenvalue weighted by Gasteiger charge is 2.27. The van der Waals surface area contributed by atoms with E-state index in [-0.39, 0.29) is 0 Å². The molecule has 0 saturated heterocycles. The van der Waals surface area contributed by atoms with Gasteiger partial charge in [-0.1, -0.05) is 26.7 Å². The molecule has 0 aromatic heterocycles. The minimum Gasteiger partial charge on any atom is -0.315 e. The molecule has 17 heavy (non-hydrogen) atoms. The molecule has 2 nitrogen and oxygen atoms in total. The maximum absolute atomic E-state index is 3.68. The van der Waals surface area contributed by atoms with Crippen molar-refractivity contribution in [3.63, 3.8) is 0 Å². The minimum atomic E-state index is 0.927. The second-order valence-corrected chi connectivity index (χ2v) is 6.20. The third kappa shape index (κ3) is 4.59. The van der Waals surface area contributed by atoms with Gasteiger partial charge in [0.25, 0.3) is 0 Å². The van der Waals surface area contributed by atoms with Gasteiger partial charge in [0.1, 0.15) is 0 Å². The molecule has 0 bridgehead atoms. The molecule has 2 unspecified atom stereocenters. The largest absolute Gasteiger partial charge is 0.315 e. The fourth-order valence-corrected chi connectivity index (χ4v) is 3.31. The summed E-state index contributed by atoms with van der Waals surface area (Å²) < 4.78 is 0.